The van der Waals surface area contributed by atoms with Crippen molar-refractivity contribution in [3.05, 3.63) is 12.4 Å². The molecule has 4 saturated carbocycles. The second-order valence-corrected chi connectivity index (χ2v) is 10.8. The summed E-state index contributed by atoms with van der Waals surface area (Å²) in [6, 6.07) is 0. The third-order valence-electron chi connectivity index (χ3n) is 9.53. The van der Waals surface area contributed by atoms with Crippen LogP contribution in [0.3, 0.4) is 0 Å². The molecular formula is C23H34FN3O2. The molecule has 0 spiro atoms. The zero-order valence-electron chi connectivity index (χ0n) is 17.5. The molecule has 1 aromatic rings. The number of nitrogens with zero attached hydrogens (tertiary/aromatic N) is 3. The smallest absolute Gasteiger partial charge is 0.157 e. The van der Waals surface area contributed by atoms with E-state index < -0.39 is 12.3 Å². The highest BCUT2D eigenvalue weighted by Crippen LogP contribution is 2.64. The van der Waals surface area contributed by atoms with Crippen LogP contribution in [0.15, 0.2) is 12.4 Å². The van der Waals surface area contributed by atoms with Gasteiger partial charge in [0.25, 0.3) is 0 Å². The Morgan fingerprint density at radius 3 is 2.72 bits per heavy atom. The molecule has 0 saturated heterocycles. The summed E-state index contributed by atoms with van der Waals surface area (Å²) in [5, 5.41) is 18.3. The second-order valence-electron chi connectivity index (χ2n) is 10.8. The Bertz CT molecular complexity index is 755. The molecule has 3 unspecified atom stereocenters. The Kier molecular flexibility index (Phi) is 4.84. The van der Waals surface area contributed by atoms with Crippen LogP contribution in [0.5, 0.6) is 0 Å². The Morgan fingerprint density at radius 1 is 1.14 bits per heavy atom. The monoisotopic (exact) mass is 403 g/mol. The first-order valence-electron chi connectivity index (χ1n) is 11.6. The minimum absolute atomic E-state index is 0.111. The van der Waals surface area contributed by atoms with Gasteiger partial charge in [0.05, 0.1) is 11.8 Å². The zero-order chi connectivity index (χ0) is 20.2. The van der Waals surface area contributed by atoms with E-state index in [4.69, 9.17) is 0 Å². The number of ketones is 1. The summed E-state index contributed by atoms with van der Waals surface area (Å²) < 4.78 is 15.0. The first-order chi connectivity index (χ1) is 13.9. The van der Waals surface area contributed by atoms with Gasteiger partial charge in [0.1, 0.15) is 13.2 Å². The molecular weight excluding hydrogens is 369 g/mol. The van der Waals surface area contributed by atoms with Gasteiger partial charge in [-0.15, -0.1) is 5.10 Å². The Hall–Kier alpha value is -1.30. The quantitative estimate of drug-likeness (QED) is 0.830. The molecule has 0 aromatic carbocycles. The number of rotatable bonds is 4. The number of alkyl halides is 1. The molecule has 160 valence electrons. The van der Waals surface area contributed by atoms with Crippen molar-refractivity contribution in [1.29, 1.82) is 0 Å². The van der Waals surface area contributed by atoms with E-state index in [9.17, 15) is 14.3 Å². The molecule has 0 bridgehead atoms. The fourth-order valence-electron chi connectivity index (χ4n) is 8.20. The molecule has 1 heterocycles. The average molecular weight is 404 g/mol. The van der Waals surface area contributed by atoms with Crippen molar-refractivity contribution in [2.75, 3.05) is 6.67 Å². The predicted octanol–water partition coefficient (Wildman–Crippen LogP) is 3.82. The first-order valence-corrected chi connectivity index (χ1v) is 11.6. The number of aliphatic hydroxyl groups is 1. The molecule has 1 aromatic heterocycles. The van der Waals surface area contributed by atoms with Crippen LogP contribution >= 0.6 is 0 Å². The highest BCUT2D eigenvalue weighted by molar-refractivity contribution is 5.82. The molecule has 4 fully saturated rings. The van der Waals surface area contributed by atoms with E-state index in [1.165, 1.54) is 12.8 Å². The highest BCUT2D eigenvalue weighted by Gasteiger charge is 2.59. The van der Waals surface area contributed by atoms with E-state index >= 15 is 0 Å². The fourth-order valence-corrected chi connectivity index (χ4v) is 8.20. The van der Waals surface area contributed by atoms with Crippen LogP contribution in [0.1, 0.15) is 64.7 Å². The van der Waals surface area contributed by atoms with Gasteiger partial charge in [-0.3, -0.25) is 4.79 Å². The van der Waals surface area contributed by atoms with Gasteiger partial charge in [-0.1, -0.05) is 12.1 Å². The molecule has 0 amide bonds. The molecule has 6 heteroatoms. The van der Waals surface area contributed by atoms with Gasteiger partial charge >= 0.3 is 0 Å². The van der Waals surface area contributed by atoms with Crippen molar-refractivity contribution in [2.45, 2.75) is 76.9 Å². The third-order valence-corrected chi connectivity index (χ3v) is 9.53. The number of hydrogen-bond acceptors (Lipinski definition) is 4. The molecule has 1 N–H and O–H groups in total. The molecule has 4 aliphatic rings. The maximum Gasteiger partial charge on any atom is 0.157 e. The lowest BCUT2D eigenvalue weighted by molar-refractivity contribution is -0.134. The topological polar surface area (TPSA) is 68.0 Å². The summed E-state index contributed by atoms with van der Waals surface area (Å²) in [6.45, 7) is 2.12. The van der Waals surface area contributed by atoms with Crippen LogP contribution in [0.2, 0.25) is 0 Å². The van der Waals surface area contributed by atoms with E-state index in [1.807, 2.05) is 0 Å². The zero-order valence-corrected chi connectivity index (χ0v) is 17.5. The fraction of sp³-hybridized carbons (Fsp3) is 0.870. The summed E-state index contributed by atoms with van der Waals surface area (Å²) in [7, 11) is 0. The number of aromatic nitrogens is 3. The van der Waals surface area contributed by atoms with Crippen LogP contribution in [0.25, 0.3) is 0 Å². The number of hydrogen-bond donors (Lipinski definition) is 1. The van der Waals surface area contributed by atoms with Crippen molar-refractivity contribution < 1.29 is 14.3 Å². The van der Waals surface area contributed by atoms with Gasteiger partial charge in [-0.05, 0) is 92.8 Å². The second kappa shape index (κ2) is 7.14. The Labute approximate surface area is 172 Å². The van der Waals surface area contributed by atoms with Crippen LogP contribution in [-0.2, 0) is 11.3 Å². The summed E-state index contributed by atoms with van der Waals surface area (Å²) in [5.41, 5.74) is -0.955. The molecule has 5 nitrogen and oxygen atoms in total. The van der Waals surface area contributed by atoms with Crippen molar-refractivity contribution in [3.63, 3.8) is 0 Å². The maximum absolute atomic E-state index is 13.3. The molecule has 0 aliphatic heterocycles. The summed E-state index contributed by atoms with van der Waals surface area (Å²) in [4.78, 5) is 13.1. The van der Waals surface area contributed by atoms with Crippen LogP contribution < -0.4 is 0 Å². The number of Topliss-reactive ketones (excluding diaryl/α,β-unsaturated/α-hetero) is 1. The van der Waals surface area contributed by atoms with Crippen molar-refractivity contribution >= 4 is 5.78 Å². The van der Waals surface area contributed by atoms with E-state index in [-0.39, 0.29) is 11.3 Å². The lowest BCUT2D eigenvalue weighted by Gasteiger charge is -2.56. The number of carbonyl (C=O) groups excluding carboxylic acids is 1. The molecule has 8 atom stereocenters. The van der Waals surface area contributed by atoms with Gasteiger partial charge in [0.2, 0.25) is 0 Å². The normalized spacial score (nSPS) is 46.6. The van der Waals surface area contributed by atoms with Crippen molar-refractivity contribution in [2.24, 2.45) is 40.9 Å². The van der Waals surface area contributed by atoms with Gasteiger partial charge in [0, 0.05) is 12.1 Å². The van der Waals surface area contributed by atoms with Crippen LogP contribution in [0, 0.1) is 40.9 Å². The molecule has 5 rings (SSSR count). The summed E-state index contributed by atoms with van der Waals surface area (Å²) in [5.74, 6) is 3.64. The number of fused-ring (bicyclic) bond motifs is 5. The number of halogens is 1. The minimum Gasteiger partial charge on any atom is -0.387 e. The van der Waals surface area contributed by atoms with E-state index in [2.05, 4.69) is 17.2 Å². The summed E-state index contributed by atoms with van der Waals surface area (Å²) >= 11 is 0. The Balaban J connectivity index is 1.31. The van der Waals surface area contributed by atoms with Gasteiger partial charge in [0.15, 0.2) is 5.78 Å². The molecule has 4 aliphatic carbocycles. The van der Waals surface area contributed by atoms with Gasteiger partial charge in [-0.25, -0.2) is 9.07 Å². The van der Waals surface area contributed by atoms with Crippen LogP contribution in [0.4, 0.5) is 4.39 Å². The molecule has 0 radical (unpaired) electrons. The van der Waals surface area contributed by atoms with Crippen molar-refractivity contribution in [1.82, 2.24) is 15.0 Å². The standard InChI is InChI=1S/C23H34FN3O2/c1-22-8-6-17-16-7-9-23(29,14-24)12-15(16)2-3-18(17)19(22)4-5-20(22)21(28)13-27-11-10-25-26-27/h10-11,15-20,29H,2-9,12-14H2,1H3/t15-,16-,17?,18?,19?,20+,22-,23+/m0/s1. The predicted molar refractivity (Wildman–Crippen MR) is 107 cm³/mol. The number of carbonyl (C=O) groups is 1. The van der Waals surface area contributed by atoms with Crippen LogP contribution in [-0.4, -0.2) is 38.2 Å². The molecule has 29 heavy (non-hydrogen) atoms. The van der Waals surface area contributed by atoms with E-state index in [0.29, 0.717) is 54.8 Å². The van der Waals surface area contributed by atoms with E-state index in [0.717, 1.165) is 32.1 Å². The summed E-state index contributed by atoms with van der Waals surface area (Å²) in [6.07, 6.45) is 12.5. The lowest BCUT2D eigenvalue weighted by Crippen LogP contribution is -2.52. The van der Waals surface area contributed by atoms with Crippen molar-refractivity contribution in [3.8, 4) is 0 Å². The highest BCUT2D eigenvalue weighted by atomic mass is 19.1. The minimum atomic E-state index is -1.07. The Morgan fingerprint density at radius 2 is 1.97 bits per heavy atom. The first kappa shape index (κ1) is 19.7. The van der Waals surface area contributed by atoms with Gasteiger partial charge < -0.3 is 5.11 Å². The van der Waals surface area contributed by atoms with E-state index in [1.54, 1.807) is 17.1 Å². The average Bonchev–Trinajstić information content (AvgIpc) is 3.34. The third kappa shape index (κ3) is 3.17. The lowest BCUT2D eigenvalue weighted by atomic mass is 9.49. The van der Waals surface area contributed by atoms with Gasteiger partial charge in [-0.2, -0.15) is 0 Å². The maximum atomic E-state index is 13.3. The largest absolute Gasteiger partial charge is 0.387 e. The SMILES string of the molecule is C[C@]12CCC3C(CC[C@H]4C[C@@](O)(CF)CC[C@H]34)C1CC[C@@H]2C(=O)Cn1ccnn1.